The molecule has 0 unspecified atom stereocenters. The van der Waals surface area contributed by atoms with Gasteiger partial charge in [0.05, 0.1) is 6.61 Å². The fourth-order valence-electron chi connectivity index (χ4n) is 1.82. The normalized spacial score (nSPS) is 39.0. The summed E-state index contributed by atoms with van der Waals surface area (Å²) in [5, 5.41) is 8.98. The molecule has 0 heterocycles. The van der Waals surface area contributed by atoms with Gasteiger partial charge in [0.15, 0.2) is 0 Å². The minimum Gasteiger partial charge on any atom is -0.394 e. The lowest BCUT2D eigenvalue weighted by Gasteiger charge is -2.35. The molecule has 3 N–H and O–H groups in total. The summed E-state index contributed by atoms with van der Waals surface area (Å²) < 4.78 is 0. The molecule has 0 saturated heterocycles. The number of hydrogen-bond donors (Lipinski definition) is 2. The van der Waals surface area contributed by atoms with Crippen LogP contribution in [0.15, 0.2) is 0 Å². The third-order valence-corrected chi connectivity index (χ3v) is 2.99. The third kappa shape index (κ3) is 2.17. The van der Waals surface area contributed by atoms with Gasteiger partial charge in [-0.25, -0.2) is 0 Å². The van der Waals surface area contributed by atoms with Gasteiger partial charge in [0, 0.05) is 5.54 Å². The van der Waals surface area contributed by atoms with E-state index in [9.17, 15) is 0 Å². The van der Waals surface area contributed by atoms with Crippen molar-refractivity contribution in [1.29, 1.82) is 0 Å². The topological polar surface area (TPSA) is 46.2 Å². The van der Waals surface area contributed by atoms with Crippen LogP contribution in [0, 0.1) is 5.92 Å². The predicted molar refractivity (Wildman–Crippen MR) is 46.3 cm³/mol. The molecule has 1 aliphatic carbocycles. The van der Waals surface area contributed by atoms with Crippen LogP contribution < -0.4 is 5.73 Å². The summed E-state index contributed by atoms with van der Waals surface area (Å²) in [6.07, 6.45) is 5.67. The van der Waals surface area contributed by atoms with Gasteiger partial charge in [-0.15, -0.1) is 0 Å². The number of nitrogens with two attached hydrogens (primary N) is 1. The molecule has 0 amide bonds. The summed E-state index contributed by atoms with van der Waals surface area (Å²) in [6, 6.07) is 0. The van der Waals surface area contributed by atoms with Gasteiger partial charge >= 0.3 is 0 Å². The van der Waals surface area contributed by atoms with Gasteiger partial charge in [0.1, 0.15) is 0 Å². The molecule has 0 spiro atoms. The van der Waals surface area contributed by atoms with E-state index < -0.39 is 0 Å². The zero-order valence-corrected chi connectivity index (χ0v) is 7.34. The fraction of sp³-hybridized carbons (Fsp3) is 1.00. The first kappa shape index (κ1) is 9.01. The van der Waals surface area contributed by atoms with Gasteiger partial charge in [0.25, 0.3) is 0 Å². The molecule has 0 radical (unpaired) electrons. The Hall–Kier alpha value is -0.0800. The second-order valence-electron chi connectivity index (χ2n) is 3.87. The Morgan fingerprint density at radius 1 is 1.45 bits per heavy atom. The van der Waals surface area contributed by atoms with Crippen LogP contribution in [0.4, 0.5) is 0 Å². The van der Waals surface area contributed by atoms with Gasteiger partial charge in [-0.3, -0.25) is 0 Å². The van der Waals surface area contributed by atoms with Crippen LogP contribution in [-0.4, -0.2) is 17.3 Å². The van der Waals surface area contributed by atoms with E-state index in [0.29, 0.717) is 0 Å². The van der Waals surface area contributed by atoms with Crippen molar-refractivity contribution in [3.8, 4) is 0 Å². The van der Waals surface area contributed by atoms with Crippen LogP contribution in [0.2, 0.25) is 0 Å². The highest BCUT2D eigenvalue weighted by molar-refractivity contribution is 4.88. The third-order valence-electron chi connectivity index (χ3n) is 2.99. The van der Waals surface area contributed by atoms with Crippen LogP contribution in [-0.2, 0) is 0 Å². The van der Waals surface area contributed by atoms with Gasteiger partial charge < -0.3 is 10.8 Å². The molecule has 0 bridgehead atoms. The predicted octanol–water partition coefficient (Wildman–Crippen LogP) is 1.28. The molecule has 0 atom stereocenters. The smallest absolute Gasteiger partial charge is 0.0611 e. The summed E-state index contributed by atoms with van der Waals surface area (Å²) in [5.41, 5.74) is 5.68. The van der Waals surface area contributed by atoms with Gasteiger partial charge in [0.2, 0.25) is 0 Å². The number of aliphatic hydroxyl groups excluding tert-OH is 1. The van der Waals surface area contributed by atoms with Crippen LogP contribution in [0.1, 0.15) is 39.0 Å². The highest BCUT2D eigenvalue weighted by Gasteiger charge is 2.29. The van der Waals surface area contributed by atoms with E-state index in [4.69, 9.17) is 10.8 Å². The molecule has 1 fully saturated rings. The van der Waals surface area contributed by atoms with Crippen LogP contribution in [0.5, 0.6) is 0 Å². The van der Waals surface area contributed by atoms with E-state index in [1.807, 2.05) is 0 Å². The standard InChI is InChI=1S/C9H19NO/c1-2-8-3-5-9(10,7-11)6-4-8/h8,11H,2-7,10H2,1H3. The van der Waals surface area contributed by atoms with E-state index in [2.05, 4.69) is 6.92 Å². The molecule has 1 aliphatic rings. The Labute approximate surface area is 68.8 Å². The van der Waals surface area contributed by atoms with E-state index in [1.54, 1.807) is 0 Å². The van der Waals surface area contributed by atoms with Crippen LogP contribution in [0.3, 0.4) is 0 Å². The largest absolute Gasteiger partial charge is 0.394 e. The number of aliphatic hydroxyl groups is 1. The van der Waals surface area contributed by atoms with Crippen LogP contribution >= 0.6 is 0 Å². The van der Waals surface area contributed by atoms with E-state index in [0.717, 1.165) is 18.8 Å². The van der Waals surface area contributed by atoms with Gasteiger partial charge in [-0.2, -0.15) is 0 Å². The molecule has 0 aliphatic heterocycles. The Kier molecular flexibility index (Phi) is 2.90. The quantitative estimate of drug-likeness (QED) is 0.634. The molecular formula is C9H19NO. The zero-order valence-electron chi connectivity index (χ0n) is 7.34. The Morgan fingerprint density at radius 3 is 2.36 bits per heavy atom. The van der Waals surface area contributed by atoms with Gasteiger partial charge in [-0.05, 0) is 31.6 Å². The molecule has 66 valence electrons. The highest BCUT2D eigenvalue weighted by Crippen LogP contribution is 2.31. The minimum absolute atomic E-state index is 0.156. The summed E-state index contributed by atoms with van der Waals surface area (Å²) in [6.45, 7) is 2.39. The summed E-state index contributed by atoms with van der Waals surface area (Å²) in [4.78, 5) is 0. The van der Waals surface area contributed by atoms with Crippen molar-refractivity contribution in [2.45, 2.75) is 44.6 Å². The Morgan fingerprint density at radius 2 is 2.00 bits per heavy atom. The van der Waals surface area contributed by atoms with Crippen LogP contribution in [0.25, 0.3) is 0 Å². The average molecular weight is 157 g/mol. The molecule has 0 aromatic heterocycles. The van der Waals surface area contributed by atoms with Crippen molar-refractivity contribution in [2.75, 3.05) is 6.61 Å². The first-order chi connectivity index (χ1) is 5.20. The molecule has 0 aromatic rings. The van der Waals surface area contributed by atoms with E-state index >= 15 is 0 Å². The zero-order chi connectivity index (χ0) is 8.32. The van der Waals surface area contributed by atoms with E-state index in [1.165, 1.54) is 19.3 Å². The molecular weight excluding hydrogens is 138 g/mol. The Bertz CT molecular complexity index is 117. The van der Waals surface area contributed by atoms with Gasteiger partial charge in [-0.1, -0.05) is 13.3 Å². The molecule has 2 heteroatoms. The first-order valence-electron chi connectivity index (χ1n) is 4.60. The summed E-state index contributed by atoms with van der Waals surface area (Å²) in [5.74, 6) is 0.859. The second kappa shape index (κ2) is 3.55. The van der Waals surface area contributed by atoms with Crippen molar-refractivity contribution >= 4 is 0 Å². The molecule has 11 heavy (non-hydrogen) atoms. The molecule has 1 rings (SSSR count). The summed E-state index contributed by atoms with van der Waals surface area (Å²) in [7, 11) is 0. The second-order valence-corrected chi connectivity index (χ2v) is 3.87. The first-order valence-corrected chi connectivity index (χ1v) is 4.60. The summed E-state index contributed by atoms with van der Waals surface area (Å²) >= 11 is 0. The lowest BCUT2D eigenvalue weighted by atomic mass is 9.77. The van der Waals surface area contributed by atoms with Crippen molar-refractivity contribution in [3.05, 3.63) is 0 Å². The van der Waals surface area contributed by atoms with Crippen molar-refractivity contribution in [1.82, 2.24) is 0 Å². The van der Waals surface area contributed by atoms with Crippen molar-refractivity contribution in [2.24, 2.45) is 11.7 Å². The van der Waals surface area contributed by atoms with E-state index in [-0.39, 0.29) is 12.1 Å². The monoisotopic (exact) mass is 157 g/mol. The highest BCUT2D eigenvalue weighted by atomic mass is 16.3. The molecule has 1 saturated carbocycles. The minimum atomic E-state index is -0.244. The lowest BCUT2D eigenvalue weighted by Crippen LogP contribution is -2.46. The molecule has 0 aromatic carbocycles. The maximum atomic E-state index is 8.98. The van der Waals surface area contributed by atoms with Crippen molar-refractivity contribution in [3.63, 3.8) is 0 Å². The average Bonchev–Trinajstić information content (AvgIpc) is 2.06. The lowest BCUT2D eigenvalue weighted by molar-refractivity contribution is 0.134. The SMILES string of the molecule is CCC1CCC(N)(CO)CC1. The van der Waals surface area contributed by atoms with Crippen molar-refractivity contribution < 1.29 is 5.11 Å². The molecule has 2 nitrogen and oxygen atoms in total. The Balaban J connectivity index is 2.35. The number of hydrogen-bond acceptors (Lipinski definition) is 2. The fourth-order valence-corrected chi connectivity index (χ4v) is 1.82. The number of rotatable bonds is 2. The maximum absolute atomic E-state index is 8.98. The maximum Gasteiger partial charge on any atom is 0.0611 e.